The number of hydrogen-bond acceptors (Lipinski definition) is 6. The van der Waals surface area contributed by atoms with Crippen molar-refractivity contribution in [1.82, 2.24) is 0 Å². The number of carboxylic acid groups (broad SMARTS) is 1. The van der Waals surface area contributed by atoms with Crippen LogP contribution in [0.5, 0.6) is 17.2 Å². The number of hydrogen-bond donors (Lipinski definition) is 3. The molecule has 3 N–H and O–H groups in total. The van der Waals surface area contributed by atoms with Gasteiger partial charge in [-0.25, -0.2) is 4.79 Å². The molecule has 1 aromatic rings. The Labute approximate surface area is 115 Å². The van der Waals surface area contributed by atoms with Crippen LogP contribution in [0.1, 0.15) is 10.4 Å². The maximum Gasteiger partial charge on any atom is 0.467 e. The van der Waals surface area contributed by atoms with E-state index in [1.54, 1.807) is 0 Å². The second-order valence-corrected chi connectivity index (χ2v) is 4.26. The summed E-state index contributed by atoms with van der Waals surface area (Å²) in [6.45, 7) is -5.79. The molecule has 0 aromatic heterocycles. The first kappa shape index (κ1) is 15.3. The predicted octanol–water partition coefficient (Wildman–Crippen LogP) is 0.560. The summed E-state index contributed by atoms with van der Waals surface area (Å²) >= 11 is 0. The van der Waals surface area contributed by atoms with Crippen LogP contribution in [-0.4, -0.2) is 47.2 Å². The molecule has 0 spiro atoms. The fourth-order valence-corrected chi connectivity index (χ4v) is 1.68. The molecule has 21 heavy (non-hydrogen) atoms. The fourth-order valence-electron chi connectivity index (χ4n) is 1.68. The van der Waals surface area contributed by atoms with Gasteiger partial charge in [0.05, 0.1) is 6.51 Å². The van der Waals surface area contributed by atoms with Gasteiger partial charge >= 0.3 is 18.9 Å². The van der Waals surface area contributed by atoms with Crippen LogP contribution in [0.4, 0.5) is 13.2 Å². The minimum absolute atomic E-state index is 0.146. The summed E-state index contributed by atoms with van der Waals surface area (Å²) < 4.78 is 50.4. The largest absolute Gasteiger partial charge is 0.665 e. The van der Waals surface area contributed by atoms with Crippen LogP contribution < -0.4 is 14.1 Å². The van der Waals surface area contributed by atoms with Crippen LogP contribution in [0.2, 0.25) is 0 Å². The molecule has 1 aromatic carbocycles. The first-order valence-corrected chi connectivity index (χ1v) is 5.61. The number of ether oxygens (including phenoxy) is 2. The average Bonchev–Trinajstić information content (AvgIpc) is 2.32. The number of carbonyl (C=O) groups is 1. The van der Waals surface area contributed by atoms with Gasteiger partial charge in [-0.2, -0.15) is 13.2 Å². The Kier molecular flexibility index (Phi) is 3.64. The normalized spacial score (nSPS) is 16.4. The summed E-state index contributed by atoms with van der Waals surface area (Å²) in [5, 5.41) is 27.7. The molecule has 0 aliphatic carbocycles. The maximum absolute atomic E-state index is 12.1. The lowest BCUT2D eigenvalue weighted by Gasteiger charge is -2.37. The Morgan fingerprint density at radius 3 is 2.62 bits per heavy atom. The van der Waals surface area contributed by atoms with Gasteiger partial charge in [-0.05, 0) is 12.1 Å². The van der Waals surface area contributed by atoms with E-state index in [9.17, 15) is 28.0 Å². The Hall–Kier alpha value is -2.14. The van der Waals surface area contributed by atoms with Crippen LogP contribution in [0.15, 0.2) is 12.1 Å². The number of fused-ring (bicyclic) bond motifs is 1. The Morgan fingerprint density at radius 1 is 1.38 bits per heavy atom. The molecule has 0 radical (unpaired) electrons. The van der Waals surface area contributed by atoms with Gasteiger partial charge < -0.3 is 29.3 Å². The summed E-state index contributed by atoms with van der Waals surface area (Å²) in [6.07, 6.45) is -4.66. The Balaban J connectivity index is 2.41. The van der Waals surface area contributed by atoms with Gasteiger partial charge in [-0.1, -0.05) is 0 Å². The predicted molar refractivity (Wildman–Crippen MR) is 61.3 cm³/mol. The first-order valence-electron chi connectivity index (χ1n) is 5.61. The van der Waals surface area contributed by atoms with E-state index in [0.717, 1.165) is 12.1 Å². The smallest absolute Gasteiger partial charge is 0.467 e. The highest BCUT2D eigenvalue weighted by Crippen LogP contribution is 2.41. The summed E-state index contributed by atoms with van der Waals surface area (Å²) in [5.74, 6) is -3.04. The van der Waals surface area contributed by atoms with E-state index in [2.05, 4.69) is 4.74 Å². The Morgan fingerprint density at radius 2 is 2.05 bits per heavy atom. The molecule has 11 heteroatoms. The van der Waals surface area contributed by atoms with Gasteiger partial charge in [-0.3, -0.25) is 0 Å². The topological polar surface area (TPSA) is 105 Å². The van der Waals surface area contributed by atoms with Gasteiger partial charge in [0.2, 0.25) is 0 Å². The van der Waals surface area contributed by atoms with Crippen LogP contribution >= 0.6 is 0 Å². The van der Waals surface area contributed by atoms with E-state index >= 15 is 0 Å². The lowest BCUT2D eigenvalue weighted by molar-refractivity contribution is -0.153. The van der Waals surface area contributed by atoms with Crippen molar-refractivity contribution >= 4 is 12.7 Å². The highest BCUT2D eigenvalue weighted by molar-refractivity contribution is 6.58. The molecule has 1 aliphatic heterocycles. The minimum Gasteiger partial charge on any atom is -0.665 e. The van der Waals surface area contributed by atoms with E-state index in [-0.39, 0.29) is 5.75 Å². The molecule has 116 valence electrons. The molecule has 1 heterocycles. The molecule has 0 atom stereocenters. The zero-order chi connectivity index (χ0) is 15.8. The molecule has 0 amide bonds. The number of alkyl halides is 3. The molecule has 2 rings (SSSR count). The molecule has 0 fully saturated rings. The van der Waals surface area contributed by atoms with Gasteiger partial charge in [0.15, 0.2) is 12.4 Å². The second kappa shape index (κ2) is 5.00. The van der Waals surface area contributed by atoms with Crippen molar-refractivity contribution in [2.75, 3.05) is 13.1 Å². The highest BCUT2D eigenvalue weighted by atomic mass is 19.4. The van der Waals surface area contributed by atoms with E-state index < -0.39 is 49.1 Å². The third-order valence-electron chi connectivity index (χ3n) is 2.45. The second-order valence-electron chi connectivity index (χ2n) is 4.26. The number of benzene rings is 1. The summed E-state index contributed by atoms with van der Waals surface area (Å²) in [4.78, 5) is 11.2. The quantitative estimate of drug-likeness (QED) is 0.701. The van der Waals surface area contributed by atoms with E-state index in [1.165, 1.54) is 0 Å². The van der Waals surface area contributed by atoms with Gasteiger partial charge in [0.25, 0.3) is 0 Å². The maximum atomic E-state index is 12.1. The van der Waals surface area contributed by atoms with E-state index in [0.29, 0.717) is 0 Å². The number of halogens is 3. The zero-order valence-corrected chi connectivity index (χ0v) is 10.3. The van der Waals surface area contributed by atoms with Gasteiger partial charge in [-0.15, -0.1) is 0 Å². The number of carboxylic acids is 1. The minimum atomic E-state index is -4.66. The first-order chi connectivity index (χ1) is 9.59. The molecule has 7 nitrogen and oxygen atoms in total. The van der Waals surface area contributed by atoms with Crippen LogP contribution in [0.25, 0.3) is 0 Å². The monoisotopic (exact) mass is 309 g/mol. The third kappa shape index (κ3) is 3.50. The van der Waals surface area contributed by atoms with Crippen molar-refractivity contribution in [2.45, 2.75) is 6.18 Å². The molecule has 0 unspecified atom stereocenters. The van der Waals surface area contributed by atoms with Gasteiger partial charge in [0, 0.05) is 0 Å². The lowest BCUT2D eigenvalue weighted by Crippen LogP contribution is -2.51. The lowest BCUT2D eigenvalue weighted by atomic mass is 9.80. The molecule has 0 saturated carbocycles. The van der Waals surface area contributed by atoms with Crippen LogP contribution in [0, 0.1) is 0 Å². The van der Waals surface area contributed by atoms with Crippen LogP contribution in [0.3, 0.4) is 0 Å². The van der Waals surface area contributed by atoms with Crippen molar-refractivity contribution in [3.8, 4) is 17.2 Å². The van der Waals surface area contributed by atoms with Gasteiger partial charge in [0.1, 0.15) is 17.1 Å². The average molecular weight is 309 g/mol. The molecular formula is C10H9BF3O7-. The SMILES string of the molecule is O=C(O)c1c(OCC(F)(F)F)ccc2c1O[B-](O)(O)CO2. The summed E-state index contributed by atoms with van der Waals surface area (Å²) in [6, 6.07) is 2.07. The third-order valence-corrected chi connectivity index (χ3v) is 2.45. The summed E-state index contributed by atoms with van der Waals surface area (Å²) in [5.41, 5.74) is -0.786. The van der Waals surface area contributed by atoms with Crippen molar-refractivity contribution in [1.29, 1.82) is 0 Å². The van der Waals surface area contributed by atoms with Crippen molar-refractivity contribution in [3.05, 3.63) is 17.7 Å². The Bertz CT molecular complexity index is 573. The molecule has 0 bridgehead atoms. The number of rotatable bonds is 3. The van der Waals surface area contributed by atoms with E-state index in [1.807, 2.05) is 0 Å². The zero-order valence-electron chi connectivity index (χ0n) is 10.3. The number of aromatic carboxylic acids is 1. The van der Waals surface area contributed by atoms with E-state index in [4.69, 9.17) is 14.5 Å². The fraction of sp³-hybridized carbons (Fsp3) is 0.300. The van der Waals surface area contributed by atoms with Crippen molar-refractivity contribution in [3.63, 3.8) is 0 Å². The molecule has 1 aliphatic rings. The standard InChI is InChI=1S/C10H9BF3O7/c12-10(13,14)3-19-5-1-2-6-8(7(5)9(15)16)21-11(17,18)4-20-6/h1-2,17-18H,3-4H2,(H,15,16)/q-1. The molecular weight excluding hydrogens is 300 g/mol. The summed E-state index contributed by atoms with van der Waals surface area (Å²) in [7, 11) is 0. The van der Waals surface area contributed by atoms with Crippen molar-refractivity contribution < 1.29 is 47.2 Å². The van der Waals surface area contributed by atoms with Crippen molar-refractivity contribution in [2.24, 2.45) is 0 Å². The molecule has 0 saturated heterocycles. The highest BCUT2D eigenvalue weighted by Gasteiger charge is 2.35. The van der Waals surface area contributed by atoms with Crippen LogP contribution in [-0.2, 0) is 0 Å².